The van der Waals surface area contributed by atoms with Gasteiger partial charge in [-0.2, -0.15) is 0 Å². The molecule has 0 aliphatic heterocycles. The summed E-state index contributed by atoms with van der Waals surface area (Å²) in [6.45, 7) is 7.54. The van der Waals surface area contributed by atoms with Gasteiger partial charge < -0.3 is 4.90 Å². The Morgan fingerprint density at radius 3 is 2.00 bits per heavy atom. The first-order valence-electron chi connectivity index (χ1n) is 5.09. The third-order valence-electron chi connectivity index (χ3n) is 3.26. The molecule has 1 nitrogen and oxygen atoms in total. The van der Waals surface area contributed by atoms with Crippen molar-refractivity contribution in [3.8, 4) is 0 Å². The normalized spacial score (nSPS) is 31.5. The molecule has 0 N–H and O–H groups in total. The van der Waals surface area contributed by atoms with Crippen LogP contribution in [0.3, 0.4) is 0 Å². The Balaban J connectivity index is 2.64. The van der Waals surface area contributed by atoms with Gasteiger partial charge in [0.15, 0.2) is 0 Å². The van der Waals surface area contributed by atoms with Crippen molar-refractivity contribution in [1.82, 2.24) is 4.90 Å². The van der Waals surface area contributed by atoms with E-state index in [1.165, 1.54) is 19.3 Å². The van der Waals surface area contributed by atoms with Gasteiger partial charge in [0.2, 0.25) is 0 Å². The predicted molar refractivity (Wildman–Crippen MR) is 58.4 cm³/mol. The van der Waals surface area contributed by atoms with E-state index in [9.17, 15) is 0 Å². The first kappa shape index (κ1) is 10.3. The molecule has 1 fully saturated rings. The number of hydrogen-bond acceptors (Lipinski definition) is 1. The molecule has 2 atom stereocenters. The Labute approximate surface area is 78.2 Å². The molecule has 1 saturated carbocycles. The smallest absolute Gasteiger partial charge is 0.0490 e. The summed E-state index contributed by atoms with van der Waals surface area (Å²) >= 11 is 0. The molecule has 12 heavy (non-hydrogen) atoms. The average molecular weight is 185 g/mol. The summed E-state index contributed by atoms with van der Waals surface area (Å²) < 4.78 is 0. The third kappa shape index (κ3) is 2.11. The Hall–Kier alpha value is 0.177. The molecular formula is C10H23NSi. The maximum absolute atomic E-state index is 2.51. The Morgan fingerprint density at radius 1 is 1.08 bits per heavy atom. The minimum Gasteiger partial charge on any atom is -0.306 e. The van der Waals surface area contributed by atoms with E-state index < -0.39 is 8.07 Å². The Morgan fingerprint density at radius 2 is 1.67 bits per heavy atom. The van der Waals surface area contributed by atoms with Crippen molar-refractivity contribution in [2.24, 2.45) is 0 Å². The van der Waals surface area contributed by atoms with Crippen LogP contribution < -0.4 is 0 Å². The minimum absolute atomic E-state index is 0.886. The van der Waals surface area contributed by atoms with E-state index in [1.807, 2.05) is 0 Å². The molecule has 1 aliphatic rings. The van der Waals surface area contributed by atoms with Crippen molar-refractivity contribution in [2.45, 2.75) is 50.5 Å². The topological polar surface area (TPSA) is 3.24 Å². The summed E-state index contributed by atoms with van der Waals surface area (Å²) in [5.74, 6) is 0. The summed E-state index contributed by atoms with van der Waals surface area (Å²) in [4.78, 5) is 2.44. The molecule has 0 radical (unpaired) electrons. The molecule has 0 aromatic carbocycles. The highest BCUT2D eigenvalue weighted by atomic mass is 28.3. The molecule has 0 saturated heterocycles. The lowest BCUT2D eigenvalue weighted by Gasteiger charge is -2.34. The Bertz CT molecular complexity index is 148. The molecule has 1 rings (SSSR count). The van der Waals surface area contributed by atoms with Crippen molar-refractivity contribution in [1.29, 1.82) is 0 Å². The lowest BCUT2D eigenvalue weighted by molar-refractivity contribution is 0.296. The minimum atomic E-state index is -0.892. The van der Waals surface area contributed by atoms with Crippen molar-refractivity contribution in [3.05, 3.63) is 0 Å². The van der Waals surface area contributed by atoms with Crippen LogP contribution in [0.4, 0.5) is 0 Å². The first-order chi connectivity index (χ1) is 5.43. The molecule has 0 aromatic heterocycles. The lowest BCUT2D eigenvalue weighted by Crippen LogP contribution is -2.40. The van der Waals surface area contributed by atoms with Gasteiger partial charge in [-0.05, 0) is 26.1 Å². The maximum Gasteiger partial charge on any atom is 0.0490 e. The molecule has 0 amide bonds. The van der Waals surface area contributed by atoms with E-state index in [2.05, 4.69) is 38.6 Å². The highest BCUT2D eigenvalue weighted by Gasteiger charge is 2.37. The lowest BCUT2D eigenvalue weighted by atomic mass is 10.2. The van der Waals surface area contributed by atoms with E-state index >= 15 is 0 Å². The van der Waals surface area contributed by atoms with E-state index in [1.54, 1.807) is 0 Å². The van der Waals surface area contributed by atoms with Crippen LogP contribution in [-0.4, -0.2) is 33.1 Å². The molecule has 1 aliphatic carbocycles. The van der Waals surface area contributed by atoms with Crippen LogP contribution in [0.15, 0.2) is 0 Å². The van der Waals surface area contributed by atoms with Crippen LogP contribution in [0.25, 0.3) is 0 Å². The van der Waals surface area contributed by atoms with E-state index in [0.717, 1.165) is 11.6 Å². The van der Waals surface area contributed by atoms with Crippen molar-refractivity contribution < 1.29 is 0 Å². The standard InChI is InChI=1S/C10H23NSi/c1-11(2)9-7-6-8-10(9)12(3,4)5/h9-10H,6-8H2,1-5H3. The van der Waals surface area contributed by atoms with Gasteiger partial charge in [0.05, 0.1) is 0 Å². The fourth-order valence-electron chi connectivity index (χ4n) is 2.57. The van der Waals surface area contributed by atoms with E-state index in [-0.39, 0.29) is 0 Å². The van der Waals surface area contributed by atoms with Crippen molar-refractivity contribution in [2.75, 3.05) is 14.1 Å². The average Bonchev–Trinajstić information content (AvgIpc) is 2.30. The second-order valence-corrected chi connectivity index (χ2v) is 10.9. The molecular weight excluding hydrogens is 162 g/mol. The van der Waals surface area contributed by atoms with Crippen LogP contribution in [0.5, 0.6) is 0 Å². The number of hydrogen-bond donors (Lipinski definition) is 0. The van der Waals surface area contributed by atoms with Crippen molar-refractivity contribution in [3.63, 3.8) is 0 Å². The SMILES string of the molecule is CN(C)C1CCCC1[Si](C)(C)C. The summed E-state index contributed by atoms with van der Waals surface area (Å²) in [5, 5.41) is 0. The van der Waals surface area contributed by atoms with Crippen LogP contribution in [0, 0.1) is 0 Å². The highest BCUT2D eigenvalue weighted by Crippen LogP contribution is 2.40. The van der Waals surface area contributed by atoms with Gasteiger partial charge in [0, 0.05) is 14.1 Å². The van der Waals surface area contributed by atoms with Crippen molar-refractivity contribution >= 4 is 8.07 Å². The summed E-state index contributed by atoms with van der Waals surface area (Å²) in [5.41, 5.74) is 1.03. The Kier molecular flexibility index (Phi) is 3.00. The predicted octanol–water partition coefficient (Wildman–Crippen LogP) is 2.81. The highest BCUT2D eigenvalue weighted by molar-refractivity contribution is 6.77. The van der Waals surface area contributed by atoms with E-state index in [0.29, 0.717) is 0 Å². The molecule has 0 bridgehead atoms. The molecule has 2 heteroatoms. The summed E-state index contributed by atoms with van der Waals surface area (Å²) in [6.07, 6.45) is 4.37. The summed E-state index contributed by atoms with van der Waals surface area (Å²) in [6, 6.07) is 0.886. The zero-order chi connectivity index (χ0) is 9.35. The first-order valence-corrected chi connectivity index (χ1v) is 8.67. The van der Waals surface area contributed by atoms with Gasteiger partial charge in [-0.3, -0.25) is 0 Å². The fourth-order valence-corrected chi connectivity index (χ4v) is 5.26. The zero-order valence-electron chi connectivity index (χ0n) is 9.22. The van der Waals surface area contributed by atoms with Gasteiger partial charge >= 0.3 is 0 Å². The van der Waals surface area contributed by atoms with Crippen LogP contribution in [0.1, 0.15) is 19.3 Å². The van der Waals surface area contributed by atoms with Gasteiger partial charge in [-0.1, -0.05) is 32.5 Å². The van der Waals surface area contributed by atoms with Gasteiger partial charge in [-0.15, -0.1) is 0 Å². The second kappa shape index (κ2) is 3.50. The van der Waals surface area contributed by atoms with Gasteiger partial charge in [0.25, 0.3) is 0 Å². The summed E-state index contributed by atoms with van der Waals surface area (Å²) in [7, 11) is 3.59. The maximum atomic E-state index is 2.51. The molecule has 0 heterocycles. The zero-order valence-corrected chi connectivity index (χ0v) is 10.2. The fraction of sp³-hybridized carbons (Fsp3) is 1.00. The molecule has 0 aromatic rings. The third-order valence-corrected chi connectivity index (χ3v) is 6.15. The van der Waals surface area contributed by atoms with E-state index in [4.69, 9.17) is 0 Å². The van der Waals surface area contributed by atoms with Gasteiger partial charge in [0.1, 0.15) is 0 Å². The van der Waals surface area contributed by atoms with Gasteiger partial charge in [-0.25, -0.2) is 0 Å². The molecule has 72 valence electrons. The van der Waals surface area contributed by atoms with Crippen LogP contribution in [0.2, 0.25) is 25.2 Å². The monoisotopic (exact) mass is 185 g/mol. The molecule has 2 unspecified atom stereocenters. The molecule has 0 spiro atoms. The number of nitrogens with zero attached hydrogens (tertiary/aromatic N) is 1. The van der Waals surface area contributed by atoms with Crippen LogP contribution >= 0.6 is 0 Å². The second-order valence-electron chi connectivity index (χ2n) is 5.43. The number of rotatable bonds is 2. The quantitative estimate of drug-likeness (QED) is 0.598. The largest absolute Gasteiger partial charge is 0.306 e. The van der Waals surface area contributed by atoms with Crippen LogP contribution in [-0.2, 0) is 0 Å².